The third kappa shape index (κ3) is 3.98. The summed E-state index contributed by atoms with van der Waals surface area (Å²) in [5.74, 6) is 6.61. The van der Waals surface area contributed by atoms with Gasteiger partial charge in [0.15, 0.2) is 0 Å². The van der Waals surface area contributed by atoms with Crippen LogP contribution < -0.4 is 16.0 Å². The zero-order valence-corrected chi connectivity index (χ0v) is 14.1. The van der Waals surface area contributed by atoms with Gasteiger partial charge in [-0.15, -0.1) is 0 Å². The monoisotopic (exact) mass is 368 g/mol. The van der Waals surface area contributed by atoms with Crippen molar-refractivity contribution in [2.45, 2.75) is 19.4 Å². The molecule has 112 valence electrons. The molecule has 0 fully saturated rings. The van der Waals surface area contributed by atoms with E-state index in [9.17, 15) is 0 Å². The van der Waals surface area contributed by atoms with Crippen LogP contribution in [0, 0.1) is 0 Å². The highest BCUT2D eigenvalue weighted by Crippen LogP contribution is 2.34. The lowest BCUT2D eigenvalue weighted by Gasteiger charge is -2.21. The summed E-state index contributed by atoms with van der Waals surface area (Å²) >= 11 is 9.66. The Morgan fingerprint density at radius 2 is 2.00 bits per heavy atom. The van der Waals surface area contributed by atoms with Gasteiger partial charge in [-0.05, 0) is 36.2 Å². The molecule has 0 aromatic heterocycles. The van der Waals surface area contributed by atoms with Crippen molar-refractivity contribution in [3.05, 3.63) is 63.1 Å². The van der Waals surface area contributed by atoms with Crippen LogP contribution in [0.4, 0.5) is 0 Å². The Kier molecular flexibility index (Phi) is 6.06. The Morgan fingerprint density at radius 1 is 1.24 bits per heavy atom. The summed E-state index contributed by atoms with van der Waals surface area (Å²) in [6.07, 6.45) is 0.954. The van der Waals surface area contributed by atoms with Gasteiger partial charge in [0, 0.05) is 15.1 Å². The summed E-state index contributed by atoms with van der Waals surface area (Å²) in [7, 11) is 0. The van der Waals surface area contributed by atoms with E-state index in [1.54, 1.807) is 0 Å². The Hall–Kier alpha value is -1.07. The average molecular weight is 370 g/mol. The SMILES string of the molecule is CCCOc1ccccc1C(NN)c1cc(Cl)ccc1Br. The van der Waals surface area contributed by atoms with Crippen LogP contribution in [-0.2, 0) is 0 Å². The number of hydrogen-bond acceptors (Lipinski definition) is 3. The van der Waals surface area contributed by atoms with Gasteiger partial charge in [0.2, 0.25) is 0 Å². The normalized spacial score (nSPS) is 12.2. The van der Waals surface area contributed by atoms with Crippen LogP contribution in [0.1, 0.15) is 30.5 Å². The summed E-state index contributed by atoms with van der Waals surface area (Å²) in [6, 6.07) is 13.3. The second-order valence-electron chi connectivity index (χ2n) is 4.65. The Labute approximate surface area is 138 Å². The molecular weight excluding hydrogens is 352 g/mol. The van der Waals surface area contributed by atoms with Crippen molar-refractivity contribution in [2.24, 2.45) is 5.84 Å². The molecule has 21 heavy (non-hydrogen) atoms. The first-order valence-electron chi connectivity index (χ1n) is 6.80. The van der Waals surface area contributed by atoms with E-state index in [2.05, 4.69) is 28.3 Å². The summed E-state index contributed by atoms with van der Waals surface area (Å²) in [6.45, 7) is 2.75. The van der Waals surface area contributed by atoms with Crippen molar-refractivity contribution < 1.29 is 4.74 Å². The van der Waals surface area contributed by atoms with Crippen LogP contribution in [0.15, 0.2) is 46.9 Å². The van der Waals surface area contributed by atoms with Gasteiger partial charge in [-0.25, -0.2) is 5.43 Å². The average Bonchev–Trinajstić information content (AvgIpc) is 2.50. The van der Waals surface area contributed by atoms with Gasteiger partial charge >= 0.3 is 0 Å². The van der Waals surface area contributed by atoms with Gasteiger partial charge in [0.05, 0.1) is 12.6 Å². The molecule has 0 spiro atoms. The Balaban J connectivity index is 2.44. The predicted octanol–water partition coefficient (Wildman–Crippen LogP) is 4.44. The molecule has 0 saturated carbocycles. The standard InChI is InChI=1S/C16H18BrClN2O/c1-2-9-21-15-6-4-3-5-12(15)16(20-19)13-10-11(18)7-8-14(13)17/h3-8,10,16,20H,2,9,19H2,1H3. The van der Waals surface area contributed by atoms with E-state index in [-0.39, 0.29) is 6.04 Å². The number of nitrogens with two attached hydrogens (primary N) is 1. The molecule has 0 heterocycles. The van der Waals surface area contributed by atoms with Crippen molar-refractivity contribution in [1.82, 2.24) is 5.43 Å². The van der Waals surface area contributed by atoms with Gasteiger partial charge in [-0.2, -0.15) is 0 Å². The highest BCUT2D eigenvalue weighted by Gasteiger charge is 2.19. The zero-order chi connectivity index (χ0) is 15.2. The number of hydrogen-bond donors (Lipinski definition) is 2. The number of ether oxygens (including phenoxy) is 1. The fourth-order valence-corrected chi connectivity index (χ4v) is 2.80. The van der Waals surface area contributed by atoms with Gasteiger partial charge in [0.25, 0.3) is 0 Å². The van der Waals surface area contributed by atoms with Crippen LogP contribution in [0.2, 0.25) is 5.02 Å². The summed E-state index contributed by atoms with van der Waals surface area (Å²) in [4.78, 5) is 0. The van der Waals surface area contributed by atoms with E-state index in [0.29, 0.717) is 11.6 Å². The van der Waals surface area contributed by atoms with Crippen LogP contribution in [0.3, 0.4) is 0 Å². The maximum Gasteiger partial charge on any atom is 0.124 e. The van der Waals surface area contributed by atoms with Crippen LogP contribution >= 0.6 is 27.5 Å². The first-order chi connectivity index (χ1) is 10.2. The zero-order valence-electron chi connectivity index (χ0n) is 11.8. The minimum Gasteiger partial charge on any atom is -0.493 e. The molecule has 2 aromatic carbocycles. The highest BCUT2D eigenvalue weighted by atomic mass is 79.9. The van der Waals surface area contributed by atoms with Crippen LogP contribution in [0.5, 0.6) is 5.75 Å². The molecule has 0 aliphatic rings. The Morgan fingerprint density at radius 3 is 2.71 bits per heavy atom. The van der Waals surface area contributed by atoms with Gasteiger partial charge in [-0.3, -0.25) is 5.84 Å². The van der Waals surface area contributed by atoms with E-state index < -0.39 is 0 Å². The predicted molar refractivity (Wildman–Crippen MR) is 90.5 cm³/mol. The molecule has 1 atom stereocenters. The molecule has 0 aliphatic carbocycles. The van der Waals surface area contributed by atoms with E-state index in [1.165, 1.54) is 0 Å². The van der Waals surface area contributed by atoms with E-state index in [0.717, 1.165) is 27.8 Å². The number of para-hydroxylation sites is 1. The van der Waals surface area contributed by atoms with E-state index in [1.807, 2.05) is 42.5 Å². The fourth-order valence-electron chi connectivity index (χ4n) is 2.15. The molecule has 0 saturated heterocycles. The summed E-state index contributed by atoms with van der Waals surface area (Å²) in [5.41, 5.74) is 4.80. The quantitative estimate of drug-likeness (QED) is 0.584. The third-order valence-electron chi connectivity index (χ3n) is 3.13. The number of hydrazine groups is 1. The minimum atomic E-state index is -0.203. The molecule has 1 unspecified atom stereocenters. The van der Waals surface area contributed by atoms with Gasteiger partial charge in [-0.1, -0.05) is 52.7 Å². The number of benzene rings is 2. The fraction of sp³-hybridized carbons (Fsp3) is 0.250. The van der Waals surface area contributed by atoms with E-state index in [4.69, 9.17) is 22.2 Å². The first kappa shape index (κ1) is 16.3. The van der Waals surface area contributed by atoms with Crippen molar-refractivity contribution in [3.8, 4) is 5.75 Å². The number of rotatable bonds is 6. The molecular formula is C16H18BrClN2O. The van der Waals surface area contributed by atoms with Crippen LogP contribution in [-0.4, -0.2) is 6.61 Å². The number of nitrogens with one attached hydrogen (secondary N) is 1. The topological polar surface area (TPSA) is 47.3 Å². The molecule has 0 radical (unpaired) electrons. The third-order valence-corrected chi connectivity index (χ3v) is 4.08. The molecule has 0 bridgehead atoms. The summed E-state index contributed by atoms with van der Waals surface area (Å²) < 4.78 is 6.76. The minimum absolute atomic E-state index is 0.203. The largest absolute Gasteiger partial charge is 0.493 e. The molecule has 5 heteroatoms. The van der Waals surface area contributed by atoms with Crippen molar-refractivity contribution >= 4 is 27.5 Å². The lowest BCUT2D eigenvalue weighted by Crippen LogP contribution is -2.29. The maximum atomic E-state index is 6.11. The summed E-state index contributed by atoms with van der Waals surface area (Å²) in [5, 5.41) is 0.667. The van der Waals surface area contributed by atoms with E-state index >= 15 is 0 Å². The number of halogens is 2. The lowest BCUT2D eigenvalue weighted by atomic mass is 9.98. The molecule has 3 N–H and O–H groups in total. The molecule has 2 aromatic rings. The van der Waals surface area contributed by atoms with Crippen LogP contribution in [0.25, 0.3) is 0 Å². The maximum absolute atomic E-state index is 6.11. The first-order valence-corrected chi connectivity index (χ1v) is 7.97. The van der Waals surface area contributed by atoms with Crippen molar-refractivity contribution in [3.63, 3.8) is 0 Å². The lowest BCUT2D eigenvalue weighted by molar-refractivity contribution is 0.311. The van der Waals surface area contributed by atoms with Crippen molar-refractivity contribution in [1.29, 1.82) is 0 Å². The molecule has 3 nitrogen and oxygen atoms in total. The van der Waals surface area contributed by atoms with Crippen molar-refractivity contribution in [2.75, 3.05) is 6.61 Å². The molecule has 0 aliphatic heterocycles. The molecule has 2 rings (SSSR count). The van der Waals surface area contributed by atoms with Gasteiger partial charge < -0.3 is 4.74 Å². The highest BCUT2D eigenvalue weighted by molar-refractivity contribution is 9.10. The second kappa shape index (κ2) is 7.80. The molecule has 0 amide bonds. The smallest absolute Gasteiger partial charge is 0.124 e. The second-order valence-corrected chi connectivity index (χ2v) is 5.94. The Bertz CT molecular complexity index is 607. The van der Waals surface area contributed by atoms with Gasteiger partial charge in [0.1, 0.15) is 5.75 Å².